The van der Waals surface area contributed by atoms with Gasteiger partial charge < -0.3 is 5.32 Å². The van der Waals surface area contributed by atoms with Crippen LogP contribution in [0.15, 0.2) is 34.2 Å². The summed E-state index contributed by atoms with van der Waals surface area (Å²) in [5.74, 6) is 0.766. The predicted molar refractivity (Wildman–Crippen MR) is 113 cm³/mol. The van der Waals surface area contributed by atoms with E-state index in [0.717, 1.165) is 31.2 Å². The van der Waals surface area contributed by atoms with Crippen LogP contribution in [-0.4, -0.2) is 36.9 Å². The molecule has 1 amide bonds. The second kappa shape index (κ2) is 9.23. The first-order chi connectivity index (χ1) is 13.6. The van der Waals surface area contributed by atoms with Gasteiger partial charge in [0.1, 0.15) is 0 Å². The highest BCUT2D eigenvalue weighted by Crippen LogP contribution is 2.21. The second-order valence-corrected chi connectivity index (χ2v) is 7.93. The number of benzene rings is 1. The van der Waals surface area contributed by atoms with Crippen molar-refractivity contribution >= 4 is 34.3 Å². The van der Waals surface area contributed by atoms with Gasteiger partial charge in [-0.2, -0.15) is 0 Å². The smallest absolute Gasteiger partial charge is 0.262 e. The Morgan fingerprint density at radius 3 is 2.75 bits per heavy atom. The molecule has 8 heteroatoms. The third-order valence-electron chi connectivity index (χ3n) is 4.67. The minimum atomic E-state index is -0.0494. The van der Waals surface area contributed by atoms with Gasteiger partial charge in [-0.1, -0.05) is 50.6 Å². The van der Waals surface area contributed by atoms with Crippen LogP contribution in [0.3, 0.4) is 0 Å². The van der Waals surface area contributed by atoms with Gasteiger partial charge in [-0.3, -0.25) is 18.6 Å². The Morgan fingerprint density at radius 1 is 1.21 bits per heavy atom. The van der Waals surface area contributed by atoms with E-state index in [1.165, 1.54) is 11.8 Å². The van der Waals surface area contributed by atoms with Crippen molar-refractivity contribution in [2.75, 3.05) is 5.75 Å². The van der Waals surface area contributed by atoms with Crippen molar-refractivity contribution in [2.45, 2.75) is 64.2 Å². The number of hydrogen-bond acceptors (Lipinski definition) is 5. The highest BCUT2D eigenvalue weighted by atomic mass is 32.2. The Hall–Kier alpha value is -2.35. The molecule has 0 saturated heterocycles. The third-order valence-corrected chi connectivity index (χ3v) is 5.60. The lowest BCUT2D eigenvalue weighted by molar-refractivity contribution is -0.119. The van der Waals surface area contributed by atoms with Crippen LogP contribution in [-0.2, 0) is 11.3 Å². The molecule has 0 radical (unpaired) electrons. The number of thioether (sulfide) groups is 1. The van der Waals surface area contributed by atoms with Crippen molar-refractivity contribution in [3.8, 4) is 0 Å². The van der Waals surface area contributed by atoms with Gasteiger partial charge in [-0.05, 0) is 31.9 Å². The maximum Gasteiger partial charge on any atom is 0.262 e. The number of unbranched alkanes of at least 4 members (excludes halogenated alkanes) is 1. The second-order valence-electron chi connectivity index (χ2n) is 6.99. The molecule has 2 aromatic heterocycles. The third kappa shape index (κ3) is 4.22. The van der Waals surface area contributed by atoms with E-state index in [1.807, 2.05) is 35.6 Å². The molecule has 3 aromatic rings. The van der Waals surface area contributed by atoms with Crippen molar-refractivity contribution < 1.29 is 4.79 Å². The summed E-state index contributed by atoms with van der Waals surface area (Å²) in [4.78, 5) is 25.2. The van der Waals surface area contributed by atoms with Crippen molar-refractivity contribution in [1.82, 2.24) is 24.5 Å². The zero-order valence-electron chi connectivity index (χ0n) is 16.6. The number of carbonyl (C=O) groups excluding carboxylic acids is 1. The first-order valence-corrected chi connectivity index (χ1v) is 10.8. The number of amides is 1. The summed E-state index contributed by atoms with van der Waals surface area (Å²) in [6.07, 6.45) is 3.86. The van der Waals surface area contributed by atoms with E-state index >= 15 is 0 Å². The molecule has 1 atom stereocenters. The van der Waals surface area contributed by atoms with Gasteiger partial charge in [-0.25, -0.2) is 0 Å². The first-order valence-electron chi connectivity index (χ1n) is 9.85. The van der Waals surface area contributed by atoms with Gasteiger partial charge >= 0.3 is 0 Å². The number of aromatic nitrogens is 4. The lowest BCUT2D eigenvalue weighted by Gasteiger charge is -2.12. The molecule has 0 aliphatic rings. The highest BCUT2D eigenvalue weighted by Gasteiger charge is 2.17. The maximum atomic E-state index is 12.9. The van der Waals surface area contributed by atoms with Crippen LogP contribution < -0.4 is 10.9 Å². The lowest BCUT2D eigenvalue weighted by atomic mass is 10.2. The van der Waals surface area contributed by atoms with E-state index in [-0.39, 0.29) is 23.3 Å². The van der Waals surface area contributed by atoms with Crippen molar-refractivity contribution in [1.29, 1.82) is 0 Å². The zero-order valence-corrected chi connectivity index (χ0v) is 17.5. The number of nitrogens with one attached hydrogen (secondary N) is 1. The van der Waals surface area contributed by atoms with Gasteiger partial charge in [0.15, 0.2) is 5.16 Å². The average molecular weight is 402 g/mol. The molecule has 0 saturated carbocycles. The first kappa shape index (κ1) is 20.4. The molecule has 0 aliphatic heterocycles. The fourth-order valence-electron chi connectivity index (χ4n) is 3.30. The van der Waals surface area contributed by atoms with Crippen molar-refractivity contribution in [3.05, 3.63) is 34.6 Å². The molecule has 0 aliphatic carbocycles. The summed E-state index contributed by atoms with van der Waals surface area (Å²) < 4.78 is 3.58. The number of fused-ring (bicyclic) bond motifs is 3. The summed E-state index contributed by atoms with van der Waals surface area (Å²) in [6.45, 7) is 6.80. The summed E-state index contributed by atoms with van der Waals surface area (Å²) in [5, 5.41) is 12.8. The summed E-state index contributed by atoms with van der Waals surface area (Å²) in [5.41, 5.74) is 0.717. The number of hydrogen-bond donors (Lipinski definition) is 1. The number of rotatable bonds is 9. The summed E-state index contributed by atoms with van der Waals surface area (Å²) in [7, 11) is 0. The number of para-hydroxylation sites is 1. The van der Waals surface area contributed by atoms with Crippen LogP contribution in [0, 0.1) is 0 Å². The van der Waals surface area contributed by atoms with Crippen LogP contribution in [0.25, 0.3) is 16.7 Å². The van der Waals surface area contributed by atoms with Crippen LogP contribution in [0.5, 0.6) is 0 Å². The molecule has 150 valence electrons. The van der Waals surface area contributed by atoms with Gasteiger partial charge in [0, 0.05) is 12.6 Å². The Morgan fingerprint density at radius 2 is 2.00 bits per heavy atom. The van der Waals surface area contributed by atoms with Crippen LogP contribution in [0.2, 0.25) is 0 Å². The summed E-state index contributed by atoms with van der Waals surface area (Å²) >= 11 is 1.34. The number of nitrogens with zero attached hydrogens (tertiary/aromatic N) is 4. The minimum Gasteiger partial charge on any atom is -0.353 e. The quantitative estimate of drug-likeness (QED) is 0.557. The van der Waals surface area contributed by atoms with Crippen LogP contribution in [0.4, 0.5) is 0 Å². The van der Waals surface area contributed by atoms with E-state index in [0.29, 0.717) is 22.9 Å². The molecule has 1 aromatic carbocycles. The molecule has 1 N–H and O–H groups in total. The fourth-order valence-corrected chi connectivity index (χ4v) is 4.05. The van der Waals surface area contributed by atoms with Crippen molar-refractivity contribution in [3.63, 3.8) is 0 Å². The molecule has 28 heavy (non-hydrogen) atoms. The van der Waals surface area contributed by atoms with Gasteiger partial charge in [0.25, 0.3) is 5.56 Å². The van der Waals surface area contributed by atoms with E-state index in [2.05, 4.69) is 29.4 Å². The highest BCUT2D eigenvalue weighted by molar-refractivity contribution is 7.99. The number of aryl methyl sites for hydroxylation is 1. The average Bonchev–Trinajstić information content (AvgIpc) is 3.10. The van der Waals surface area contributed by atoms with Gasteiger partial charge in [0.05, 0.1) is 16.7 Å². The molecule has 7 nitrogen and oxygen atoms in total. The van der Waals surface area contributed by atoms with E-state index in [1.54, 1.807) is 4.57 Å². The van der Waals surface area contributed by atoms with Gasteiger partial charge in [-0.15, -0.1) is 10.2 Å². The van der Waals surface area contributed by atoms with E-state index in [9.17, 15) is 9.59 Å². The monoisotopic (exact) mass is 401 g/mol. The topological polar surface area (TPSA) is 81.3 Å². The zero-order chi connectivity index (χ0) is 20.1. The van der Waals surface area contributed by atoms with E-state index < -0.39 is 0 Å². The molecule has 2 heterocycles. The van der Waals surface area contributed by atoms with Crippen LogP contribution >= 0.6 is 11.8 Å². The molecule has 0 bridgehead atoms. The Balaban J connectivity index is 1.95. The predicted octanol–water partition coefficient (Wildman–Crippen LogP) is 3.24. The Kier molecular flexibility index (Phi) is 6.72. The number of carbonyl (C=O) groups is 1. The van der Waals surface area contributed by atoms with Gasteiger partial charge in [0.2, 0.25) is 11.7 Å². The van der Waals surface area contributed by atoms with E-state index in [4.69, 9.17) is 0 Å². The molecule has 0 spiro atoms. The molecule has 3 rings (SSSR count). The summed E-state index contributed by atoms with van der Waals surface area (Å²) in [6, 6.07) is 7.64. The Bertz CT molecular complexity index is 1030. The Labute approximate surface area is 168 Å². The molecule has 0 unspecified atom stereocenters. The normalized spacial score (nSPS) is 12.5. The SMILES string of the molecule is CCCCn1c(=O)c2ccccc2n2c(SCC(=O)N[C@H](C)CCC)nnc12. The standard InChI is InChI=1S/C20H27N5O2S/c1-4-6-12-24-18(27)15-10-7-8-11-16(15)25-19(24)22-23-20(25)28-13-17(26)21-14(3)9-5-2/h7-8,10-11,14H,4-6,9,12-13H2,1-3H3,(H,21,26)/t14-/m1/s1. The maximum absolute atomic E-state index is 12.9. The molecular formula is C20H27N5O2S. The van der Waals surface area contributed by atoms with Crippen molar-refractivity contribution in [2.24, 2.45) is 0 Å². The molecular weight excluding hydrogens is 374 g/mol. The fraction of sp³-hybridized carbons (Fsp3) is 0.500. The largest absolute Gasteiger partial charge is 0.353 e. The minimum absolute atomic E-state index is 0.0219. The van der Waals surface area contributed by atoms with Crippen LogP contribution in [0.1, 0.15) is 46.5 Å². The molecule has 0 fully saturated rings. The lowest BCUT2D eigenvalue weighted by Crippen LogP contribution is -2.33.